The van der Waals surface area contributed by atoms with Crippen molar-refractivity contribution in [3.8, 4) is 22.3 Å². The van der Waals surface area contributed by atoms with E-state index in [0.29, 0.717) is 0 Å². The number of benzene rings is 1. The molecule has 0 aliphatic carbocycles. The predicted octanol–water partition coefficient (Wildman–Crippen LogP) is 4.51. The van der Waals surface area contributed by atoms with Gasteiger partial charge in [-0.15, -0.1) is 0 Å². The van der Waals surface area contributed by atoms with Gasteiger partial charge in [0, 0.05) is 42.1 Å². The molecule has 0 N–H and O–H groups in total. The molecule has 0 amide bonds. The molecule has 0 spiro atoms. The first-order valence-corrected chi connectivity index (χ1v) is 7.36. The van der Waals surface area contributed by atoms with Gasteiger partial charge in [0.05, 0.1) is 0 Å². The number of pyridine rings is 2. The number of halogens is 1. The van der Waals surface area contributed by atoms with Crippen LogP contribution in [0.1, 0.15) is 5.56 Å². The van der Waals surface area contributed by atoms with Crippen molar-refractivity contribution in [3.05, 3.63) is 78.8 Å². The SMILES string of the molecule is Cc1ccc(F)cc1-c1cc2nccn2cc1-c1cccnc1. The van der Waals surface area contributed by atoms with Crippen LogP contribution in [0.15, 0.2) is 67.4 Å². The van der Waals surface area contributed by atoms with E-state index in [1.165, 1.54) is 6.07 Å². The van der Waals surface area contributed by atoms with E-state index in [2.05, 4.69) is 9.97 Å². The van der Waals surface area contributed by atoms with Gasteiger partial charge in [-0.25, -0.2) is 9.37 Å². The number of nitrogens with zero attached hydrogens (tertiary/aromatic N) is 3. The minimum absolute atomic E-state index is 0.244. The van der Waals surface area contributed by atoms with E-state index in [0.717, 1.165) is 33.5 Å². The van der Waals surface area contributed by atoms with Gasteiger partial charge in [0.25, 0.3) is 0 Å². The number of hydrogen-bond acceptors (Lipinski definition) is 2. The highest BCUT2D eigenvalue weighted by atomic mass is 19.1. The van der Waals surface area contributed by atoms with Crippen LogP contribution in [0.2, 0.25) is 0 Å². The summed E-state index contributed by atoms with van der Waals surface area (Å²) in [5.41, 5.74) is 5.66. The standard InChI is InChI=1S/C19H14FN3/c1-13-4-5-15(20)9-16(13)17-10-19-22-7-8-23(19)12-18(17)14-3-2-6-21-11-14/h2-12H,1H3. The van der Waals surface area contributed by atoms with E-state index in [9.17, 15) is 4.39 Å². The molecular formula is C19H14FN3. The van der Waals surface area contributed by atoms with Gasteiger partial charge in [-0.2, -0.15) is 0 Å². The molecule has 0 unspecified atom stereocenters. The van der Waals surface area contributed by atoms with Crippen LogP contribution in [0.3, 0.4) is 0 Å². The molecule has 4 aromatic rings. The van der Waals surface area contributed by atoms with Gasteiger partial charge >= 0.3 is 0 Å². The summed E-state index contributed by atoms with van der Waals surface area (Å²) in [6, 6.07) is 10.7. The van der Waals surface area contributed by atoms with Crippen molar-refractivity contribution in [2.75, 3.05) is 0 Å². The van der Waals surface area contributed by atoms with E-state index in [-0.39, 0.29) is 5.82 Å². The Labute approximate surface area is 133 Å². The first kappa shape index (κ1) is 13.6. The molecule has 0 bridgehead atoms. The number of rotatable bonds is 2. The summed E-state index contributed by atoms with van der Waals surface area (Å²) in [4.78, 5) is 8.55. The average molecular weight is 303 g/mol. The predicted molar refractivity (Wildman–Crippen MR) is 88.6 cm³/mol. The third-order valence-corrected chi connectivity index (χ3v) is 3.99. The zero-order chi connectivity index (χ0) is 15.8. The highest BCUT2D eigenvalue weighted by Crippen LogP contribution is 2.34. The maximum Gasteiger partial charge on any atom is 0.137 e. The summed E-state index contributed by atoms with van der Waals surface area (Å²) < 4.78 is 15.7. The topological polar surface area (TPSA) is 30.2 Å². The minimum Gasteiger partial charge on any atom is -0.306 e. The smallest absolute Gasteiger partial charge is 0.137 e. The van der Waals surface area contributed by atoms with Crippen molar-refractivity contribution >= 4 is 5.65 Å². The fourth-order valence-electron chi connectivity index (χ4n) is 2.82. The van der Waals surface area contributed by atoms with Gasteiger partial charge in [-0.05, 0) is 47.9 Å². The van der Waals surface area contributed by atoms with Crippen LogP contribution < -0.4 is 0 Å². The minimum atomic E-state index is -0.244. The maximum absolute atomic E-state index is 13.8. The van der Waals surface area contributed by atoms with Crippen molar-refractivity contribution in [2.45, 2.75) is 6.92 Å². The number of fused-ring (bicyclic) bond motifs is 1. The lowest BCUT2D eigenvalue weighted by Crippen LogP contribution is -1.94. The van der Waals surface area contributed by atoms with E-state index >= 15 is 0 Å². The van der Waals surface area contributed by atoms with Crippen LogP contribution in [-0.4, -0.2) is 14.4 Å². The molecule has 3 nitrogen and oxygen atoms in total. The van der Waals surface area contributed by atoms with Gasteiger partial charge < -0.3 is 4.40 Å². The van der Waals surface area contributed by atoms with E-state index in [1.54, 1.807) is 24.5 Å². The van der Waals surface area contributed by atoms with Gasteiger partial charge in [-0.1, -0.05) is 12.1 Å². The lowest BCUT2D eigenvalue weighted by atomic mass is 9.94. The van der Waals surface area contributed by atoms with Crippen LogP contribution in [0, 0.1) is 12.7 Å². The van der Waals surface area contributed by atoms with Crippen LogP contribution in [0.4, 0.5) is 4.39 Å². The zero-order valence-corrected chi connectivity index (χ0v) is 12.6. The third-order valence-electron chi connectivity index (χ3n) is 3.99. The fourth-order valence-corrected chi connectivity index (χ4v) is 2.82. The second kappa shape index (κ2) is 5.32. The largest absolute Gasteiger partial charge is 0.306 e. The Morgan fingerprint density at radius 2 is 1.91 bits per heavy atom. The summed E-state index contributed by atoms with van der Waals surface area (Å²) >= 11 is 0. The molecule has 112 valence electrons. The quantitative estimate of drug-likeness (QED) is 0.545. The third kappa shape index (κ3) is 2.38. The Kier molecular flexibility index (Phi) is 3.15. The Hall–Kier alpha value is -3.01. The lowest BCUT2D eigenvalue weighted by Gasteiger charge is -2.13. The summed E-state index contributed by atoms with van der Waals surface area (Å²) in [5, 5.41) is 0. The van der Waals surface area contributed by atoms with Crippen LogP contribution in [-0.2, 0) is 0 Å². The summed E-state index contributed by atoms with van der Waals surface area (Å²) in [6.07, 6.45) is 9.23. The Morgan fingerprint density at radius 3 is 2.74 bits per heavy atom. The maximum atomic E-state index is 13.8. The van der Waals surface area contributed by atoms with E-state index < -0.39 is 0 Å². The molecule has 0 aliphatic heterocycles. The molecule has 1 aromatic carbocycles. The highest BCUT2D eigenvalue weighted by Gasteiger charge is 2.13. The Morgan fingerprint density at radius 1 is 1.00 bits per heavy atom. The molecule has 0 atom stereocenters. The fraction of sp³-hybridized carbons (Fsp3) is 0.0526. The Bertz CT molecular complexity index is 990. The van der Waals surface area contributed by atoms with Gasteiger partial charge in [0.15, 0.2) is 0 Å². The van der Waals surface area contributed by atoms with Crippen LogP contribution >= 0.6 is 0 Å². The first-order chi connectivity index (χ1) is 11.2. The number of aryl methyl sites for hydroxylation is 1. The van der Waals surface area contributed by atoms with Crippen molar-refractivity contribution in [1.82, 2.24) is 14.4 Å². The lowest BCUT2D eigenvalue weighted by molar-refractivity contribution is 0.628. The van der Waals surface area contributed by atoms with Gasteiger partial charge in [0.1, 0.15) is 11.5 Å². The normalized spacial score (nSPS) is 11.0. The molecule has 0 aliphatic rings. The summed E-state index contributed by atoms with van der Waals surface area (Å²) in [7, 11) is 0. The number of hydrogen-bond donors (Lipinski definition) is 0. The first-order valence-electron chi connectivity index (χ1n) is 7.36. The highest BCUT2D eigenvalue weighted by molar-refractivity contribution is 5.86. The molecular weight excluding hydrogens is 289 g/mol. The molecule has 4 heteroatoms. The molecule has 0 fully saturated rings. The zero-order valence-electron chi connectivity index (χ0n) is 12.6. The van der Waals surface area contributed by atoms with Gasteiger partial charge in [0.2, 0.25) is 0 Å². The number of aromatic nitrogens is 3. The number of imidazole rings is 1. The Balaban J connectivity index is 2.06. The summed E-state index contributed by atoms with van der Waals surface area (Å²) in [6.45, 7) is 1.98. The molecule has 0 radical (unpaired) electrons. The second-order valence-corrected chi connectivity index (χ2v) is 5.49. The molecule has 0 saturated heterocycles. The molecule has 0 saturated carbocycles. The van der Waals surface area contributed by atoms with Crippen LogP contribution in [0.25, 0.3) is 27.9 Å². The molecule has 4 rings (SSSR count). The molecule has 3 heterocycles. The van der Waals surface area contributed by atoms with Crippen molar-refractivity contribution in [2.24, 2.45) is 0 Å². The molecule has 23 heavy (non-hydrogen) atoms. The second-order valence-electron chi connectivity index (χ2n) is 5.49. The molecule has 3 aromatic heterocycles. The van der Waals surface area contributed by atoms with Crippen molar-refractivity contribution in [1.29, 1.82) is 0 Å². The van der Waals surface area contributed by atoms with E-state index in [1.807, 2.05) is 48.1 Å². The summed E-state index contributed by atoms with van der Waals surface area (Å²) in [5.74, 6) is -0.244. The van der Waals surface area contributed by atoms with Crippen molar-refractivity contribution < 1.29 is 4.39 Å². The van der Waals surface area contributed by atoms with Gasteiger partial charge in [-0.3, -0.25) is 4.98 Å². The van der Waals surface area contributed by atoms with Crippen LogP contribution in [0.5, 0.6) is 0 Å². The van der Waals surface area contributed by atoms with E-state index in [4.69, 9.17) is 0 Å². The van der Waals surface area contributed by atoms with Crippen molar-refractivity contribution in [3.63, 3.8) is 0 Å². The average Bonchev–Trinajstić information content (AvgIpc) is 3.04. The monoisotopic (exact) mass is 303 g/mol.